The van der Waals surface area contributed by atoms with E-state index in [0.717, 1.165) is 17.8 Å². The Hall–Kier alpha value is 0.730. The van der Waals surface area contributed by atoms with Crippen LogP contribution in [-0.2, 0) is 0 Å². The van der Waals surface area contributed by atoms with Crippen LogP contribution in [0.5, 0.6) is 0 Å². The van der Waals surface area contributed by atoms with Gasteiger partial charge in [0.15, 0.2) is 0 Å². The zero-order valence-corrected chi connectivity index (χ0v) is 9.80. The molecule has 0 saturated heterocycles. The average molecular weight is 266 g/mol. The van der Waals surface area contributed by atoms with Crippen LogP contribution in [0.2, 0.25) is 0 Å². The van der Waals surface area contributed by atoms with Crippen LogP contribution in [0.1, 0.15) is 39.5 Å². The van der Waals surface area contributed by atoms with Crippen LogP contribution in [0.4, 0.5) is 0 Å². The van der Waals surface area contributed by atoms with Gasteiger partial charge in [0, 0.05) is 4.43 Å². The quantitative estimate of drug-likeness (QED) is 0.525. The highest BCUT2D eigenvalue weighted by Crippen LogP contribution is 2.35. The predicted molar refractivity (Wildman–Crippen MR) is 59.2 cm³/mol. The molecule has 0 aromatic carbocycles. The molecule has 0 N–H and O–H groups in total. The Morgan fingerprint density at radius 3 is 2.36 bits per heavy atom. The largest absolute Gasteiger partial charge is 0.0861 e. The van der Waals surface area contributed by atoms with Crippen molar-refractivity contribution in [2.24, 2.45) is 17.8 Å². The summed E-state index contributed by atoms with van der Waals surface area (Å²) in [6, 6.07) is 0. The van der Waals surface area contributed by atoms with E-state index in [2.05, 4.69) is 36.4 Å². The molecule has 1 rings (SSSR count). The van der Waals surface area contributed by atoms with Crippen LogP contribution in [0.15, 0.2) is 0 Å². The number of alkyl halides is 1. The van der Waals surface area contributed by atoms with Crippen LogP contribution in [-0.4, -0.2) is 4.43 Å². The third kappa shape index (κ3) is 2.60. The SMILES string of the molecule is CC(C)C1CCCCC1CI. The van der Waals surface area contributed by atoms with Gasteiger partial charge in [0.2, 0.25) is 0 Å². The lowest BCUT2D eigenvalue weighted by Crippen LogP contribution is -2.24. The van der Waals surface area contributed by atoms with E-state index in [0.29, 0.717) is 0 Å². The van der Waals surface area contributed by atoms with Crippen LogP contribution < -0.4 is 0 Å². The minimum atomic E-state index is 0.912. The molecule has 0 bridgehead atoms. The van der Waals surface area contributed by atoms with Gasteiger partial charge in [0.05, 0.1) is 0 Å². The molecule has 1 fully saturated rings. The molecule has 1 aliphatic rings. The lowest BCUT2D eigenvalue weighted by atomic mass is 9.74. The standard InChI is InChI=1S/C10H19I/c1-8(2)10-6-4-3-5-9(10)7-11/h8-10H,3-7H2,1-2H3. The molecule has 0 spiro atoms. The lowest BCUT2D eigenvalue weighted by Gasteiger charge is -2.33. The Morgan fingerprint density at radius 1 is 1.27 bits per heavy atom. The van der Waals surface area contributed by atoms with Gasteiger partial charge in [-0.05, 0) is 30.6 Å². The summed E-state index contributed by atoms with van der Waals surface area (Å²) in [5, 5.41) is 0. The minimum absolute atomic E-state index is 0.912. The summed E-state index contributed by atoms with van der Waals surface area (Å²) in [6.45, 7) is 4.77. The predicted octanol–water partition coefficient (Wildman–Crippen LogP) is 3.88. The second-order valence-electron chi connectivity index (χ2n) is 4.11. The maximum Gasteiger partial charge on any atom is 0.00264 e. The van der Waals surface area contributed by atoms with Crippen LogP contribution in [0.25, 0.3) is 0 Å². The van der Waals surface area contributed by atoms with Crippen molar-refractivity contribution in [3.05, 3.63) is 0 Å². The van der Waals surface area contributed by atoms with Gasteiger partial charge in [0.1, 0.15) is 0 Å². The third-order valence-corrected chi connectivity index (χ3v) is 4.15. The molecule has 2 atom stereocenters. The minimum Gasteiger partial charge on any atom is -0.0861 e. The lowest BCUT2D eigenvalue weighted by molar-refractivity contribution is 0.202. The molecular formula is C10H19I. The molecule has 0 aromatic rings. The average Bonchev–Trinajstić information content (AvgIpc) is 2.04. The van der Waals surface area contributed by atoms with Crippen molar-refractivity contribution >= 4 is 22.6 Å². The number of halogens is 1. The fourth-order valence-corrected chi connectivity index (χ4v) is 3.40. The summed E-state index contributed by atoms with van der Waals surface area (Å²) < 4.78 is 1.38. The van der Waals surface area contributed by atoms with Gasteiger partial charge in [-0.15, -0.1) is 0 Å². The van der Waals surface area contributed by atoms with Crippen molar-refractivity contribution in [2.45, 2.75) is 39.5 Å². The van der Waals surface area contributed by atoms with E-state index in [9.17, 15) is 0 Å². The first-order valence-corrected chi connectivity index (χ1v) is 6.34. The molecule has 0 heterocycles. The van der Waals surface area contributed by atoms with Gasteiger partial charge in [-0.25, -0.2) is 0 Å². The number of hydrogen-bond acceptors (Lipinski definition) is 0. The van der Waals surface area contributed by atoms with E-state index in [1.54, 1.807) is 0 Å². The first-order valence-electron chi connectivity index (χ1n) is 4.81. The molecule has 0 nitrogen and oxygen atoms in total. The van der Waals surface area contributed by atoms with E-state index in [-0.39, 0.29) is 0 Å². The normalized spacial score (nSPS) is 32.7. The summed E-state index contributed by atoms with van der Waals surface area (Å²) in [5.74, 6) is 2.97. The third-order valence-electron chi connectivity index (χ3n) is 3.02. The van der Waals surface area contributed by atoms with E-state index >= 15 is 0 Å². The number of rotatable bonds is 2. The maximum atomic E-state index is 2.56. The molecular weight excluding hydrogens is 247 g/mol. The van der Waals surface area contributed by atoms with Crippen LogP contribution in [0, 0.1) is 17.8 Å². The Bertz CT molecular complexity index is 109. The van der Waals surface area contributed by atoms with Crippen LogP contribution in [0.3, 0.4) is 0 Å². The Balaban J connectivity index is 2.44. The van der Waals surface area contributed by atoms with Crippen LogP contribution >= 0.6 is 22.6 Å². The van der Waals surface area contributed by atoms with E-state index in [1.165, 1.54) is 30.1 Å². The summed E-state index contributed by atoms with van der Waals surface area (Å²) in [7, 11) is 0. The highest BCUT2D eigenvalue weighted by atomic mass is 127. The van der Waals surface area contributed by atoms with Crippen molar-refractivity contribution in [1.82, 2.24) is 0 Å². The Morgan fingerprint density at radius 2 is 1.91 bits per heavy atom. The fraction of sp³-hybridized carbons (Fsp3) is 1.00. The molecule has 66 valence electrons. The smallest absolute Gasteiger partial charge is 0.00264 e. The fourth-order valence-electron chi connectivity index (χ4n) is 2.31. The summed E-state index contributed by atoms with van der Waals surface area (Å²) >= 11 is 2.56. The van der Waals surface area contributed by atoms with Crippen molar-refractivity contribution in [3.63, 3.8) is 0 Å². The molecule has 1 aliphatic carbocycles. The molecule has 0 radical (unpaired) electrons. The number of hydrogen-bond donors (Lipinski definition) is 0. The molecule has 11 heavy (non-hydrogen) atoms. The molecule has 0 aromatic heterocycles. The van der Waals surface area contributed by atoms with Crippen molar-refractivity contribution < 1.29 is 0 Å². The van der Waals surface area contributed by atoms with Crippen molar-refractivity contribution in [3.8, 4) is 0 Å². The van der Waals surface area contributed by atoms with Gasteiger partial charge >= 0.3 is 0 Å². The summed E-state index contributed by atoms with van der Waals surface area (Å²) in [5.41, 5.74) is 0. The van der Waals surface area contributed by atoms with E-state index in [1.807, 2.05) is 0 Å². The van der Waals surface area contributed by atoms with Gasteiger partial charge < -0.3 is 0 Å². The zero-order chi connectivity index (χ0) is 8.27. The zero-order valence-electron chi connectivity index (χ0n) is 7.65. The molecule has 0 amide bonds. The van der Waals surface area contributed by atoms with Gasteiger partial charge in [-0.2, -0.15) is 0 Å². The monoisotopic (exact) mass is 266 g/mol. The van der Waals surface area contributed by atoms with E-state index < -0.39 is 0 Å². The highest BCUT2D eigenvalue weighted by Gasteiger charge is 2.25. The highest BCUT2D eigenvalue weighted by molar-refractivity contribution is 14.1. The summed E-state index contributed by atoms with van der Waals surface area (Å²) in [4.78, 5) is 0. The van der Waals surface area contributed by atoms with Gasteiger partial charge in [-0.1, -0.05) is 49.3 Å². The molecule has 0 aliphatic heterocycles. The second kappa shape index (κ2) is 4.68. The Labute approximate surface area is 84.3 Å². The molecule has 1 saturated carbocycles. The topological polar surface area (TPSA) is 0 Å². The second-order valence-corrected chi connectivity index (χ2v) is 4.99. The van der Waals surface area contributed by atoms with Crippen molar-refractivity contribution in [2.75, 3.05) is 4.43 Å². The van der Waals surface area contributed by atoms with Gasteiger partial charge in [0.25, 0.3) is 0 Å². The van der Waals surface area contributed by atoms with E-state index in [4.69, 9.17) is 0 Å². The van der Waals surface area contributed by atoms with Crippen molar-refractivity contribution in [1.29, 1.82) is 0 Å². The Kier molecular flexibility index (Phi) is 4.18. The molecule has 1 heteroatoms. The first kappa shape index (κ1) is 9.82. The van der Waals surface area contributed by atoms with Gasteiger partial charge in [-0.3, -0.25) is 0 Å². The maximum absolute atomic E-state index is 2.56. The molecule has 2 unspecified atom stereocenters. The first-order chi connectivity index (χ1) is 5.25. The summed E-state index contributed by atoms with van der Waals surface area (Å²) in [6.07, 6.45) is 5.95.